The zero-order valence-corrected chi connectivity index (χ0v) is 16.1. The van der Waals surface area contributed by atoms with Gasteiger partial charge in [-0.25, -0.2) is 0 Å². The van der Waals surface area contributed by atoms with E-state index in [1.54, 1.807) is 13.0 Å². The van der Waals surface area contributed by atoms with E-state index in [2.05, 4.69) is 6.92 Å². The quantitative estimate of drug-likeness (QED) is 0.758. The van der Waals surface area contributed by atoms with E-state index in [0.29, 0.717) is 25.9 Å². The summed E-state index contributed by atoms with van der Waals surface area (Å²) in [6, 6.07) is 0. The van der Waals surface area contributed by atoms with Gasteiger partial charge < -0.3 is 14.6 Å². The summed E-state index contributed by atoms with van der Waals surface area (Å²) in [6.07, 6.45) is 2.51. The first kappa shape index (κ1) is 18.7. The molecule has 6 heteroatoms. The lowest BCUT2D eigenvalue weighted by atomic mass is 9.46. The van der Waals surface area contributed by atoms with Crippen LogP contribution in [0.3, 0.4) is 0 Å². The molecule has 1 saturated heterocycles. The summed E-state index contributed by atoms with van der Waals surface area (Å²) in [7, 11) is 0. The number of fused-ring (bicyclic) bond motifs is 5. The maximum atomic E-state index is 12.9. The monoisotopic (exact) mass is 376 g/mol. The number of carbonyl (C=O) groups excluding carboxylic acids is 3. The number of carbonyl (C=O) groups is 3. The van der Waals surface area contributed by atoms with Gasteiger partial charge in [-0.2, -0.15) is 0 Å². The number of hydrogen-bond donors (Lipinski definition) is 1. The summed E-state index contributed by atoms with van der Waals surface area (Å²) in [5.41, 5.74) is 0.413. The van der Waals surface area contributed by atoms with Gasteiger partial charge in [-0.05, 0) is 55.9 Å². The van der Waals surface area contributed by atoms with Crippen LogP contribution in [0.25, 0.3) is 0 Å². The highest BCUT2D eigenvalue weighted by atomic mass is 16.6. The molecule has 2 saturated carbocycles. The standard InChI is InChI=1S/C21H28O6/c1-4-26-18(24)9-13-10(2)5-16(23)14-8-15(22)11-6-17-12(7-19(25)27-17)20(11)21(13,14)3/h5,11-15,17,20,22H,4,6-9H2,1-3H3/t11-,12+,13-,14+,15-,17+,20+,21+/m1/s1. The van der Waals surface area contributed by atoms with Crippen LogP contribution in [0.5, 0.6) is 0 Å². The molecule has 0 unspecified atom stereocenters. The molecule has 6 nitrogen and oxygen atoms in total. The van der Waals surface area contributed by atoms with Crippen LogP contribution < -0.4 is 0 Å². The molecule has 0 aromatic carbocycles. The predicted octanol–water partition coefficient (Wildman–Crippen LogP) is 2.04. The van der Waals surface area contributed by atoms with Crippen molar-refractivity contribution in [3.63, 3.8) is 0 Å². The Labute approximate surface area is 159 Å². The molecule has 0 amide bonds. The van der Waals surface area contributed by atoms with Gasteiger partial charge in [0.05, 0.1) is 25.6 Å². The first-order valence-electron chi connectivity index (χ1n) is 10.0. The molecule has 1 heterocycles. The zero-order valence-electron chi connectivity index (χ0n) is 16.1. The minimum absolute atomic E-state index is 0.00209. The smallest absolute Gasteiger partial charge is 0.306 e. The zero-order chi connectivity index (χ0) is 19.5. The van der Waals surface area contributed by atoms with Crippen LogP contribution in [0.1, 0.15) is 46.5 Å². The Hall–Kier alpha value is -1.69. The fraction of sp³-hybridized carbons (Fsp3) is 0.762. The molecule has 3 aliphatic carbocycles. The summed E-state index contributed by atoms with van der Waals surface area (Å²) < 4.78 is 10.7. The number of allylic oxidation sites excluding steroid dienone is 2. The van der Waals surface area contributed by atoms with Gasteiger partial charge in [-0.3, -0.25) is 14.4 Å². The maximum absolute atomic E-state index is 12.9. The molecular weight excluding hydrogens is 348 g/mol. The van der Waals surface area contributed by atoms with Gasteiger partial charge in [0, 0.05) is 11.8 Å². The van der Waals surface area contributed by atoms with Gasteiger partial charge in [0.1, 0.15) is 6.10 Å². The van der Waals surface area contributed by atoms with Crippen LogP contribution in [0.2, 0.25) is 0 Å². The molecular formula is C21H28O6. The van der Waals surface area contributed by atoms with E-state index in [0.717, 1.165) is 5.57 Å². The highest BCUT2D eigenvalue weighted by molar-refractivity contribution is 5.94. The Bertz CT molecular complexity index is 711. The number of rotatable bonds is 3. The van der Waals surface area contributed by atoms with Gasteiger partial charge in [-0.1, -0.05) is 12.5 Å². The SMILES string of the molecule is CCOC(=O)C[C@@H]1C(C)=CC(=O)[C@@H]2C[C@@H](O)[C@H]3C[C@@H]4OC(=O)C[C@@H]4[C@H]3[C@@]12C. The maximum Gasteiger partial charge on any atom is 0.306 e. The van der Waals surface area contributed by atoms with Crippen LogP contribution in [0.15, 0.2) is 11.6 Å². The molecule has 0 aromatic rings. The number of aliphatic hydroxyl groups excluding tert-OH is 1. The predicted molar refractivity (Wildman–Crippen MR) is 95.3 cm³/mol. The highest BCUT2D eigenvalue weighted by Gasteiger charge is 2.66. The van der Waals surface area contributed by atoms with Gasteiger partial charge in [0.15, 0.2) is 5.78 Å². The van der Waals surface area contributed by atoms with E-state index in [4.69, 9.17) is 9.47 Å². The molecule has 8 atom stereocenters. The van der Waals surface area contributed by atoms with E-state index in [-0.39, 0.29) is 59.8 Å². The second kappa shape index (κ2) is 6.43. The number of ether oxygens (including phenoxy) is 2. The molecule has 148 valence electrons. The molecule has 0 aromatic heterocycles. The molecule has 3 fully saturated rings. The lowest BCUT2D eigenvalue weighted by Gasteiger charge is -2.57. The fourth-order valence-corrected chi connectivity index (χ4v) is 6.74. The summed E-state index contributed by atoms with van der Waals surface area (Å²) in [5, 5.41) is 10.8. The molecule has 4 aliphatic rings. The van der Waals surface area contributed by atoms with Crippen molar-refractivity contribution in [1.29, 1.82) is 0 Å². The van der Waals surface area contributed by atoms with E-state index in [1.807, 2.05) is 6.92 Å². The Morgan fingerprint density at radius 3 is 2.78 bits per heavy atom. The summed E-state index contributed by atoms with van der Waals surface area (Å²) in [4.78, 5) is 37.1. The number of ketones is 1. The van der Waals surface area contributed by atoms with Crippen LogP contribution in [-0.2, 0) is 23.9 Å². The Kier molecular flexibility index (Phi) is 4.45. The Morgan fingerprint density at radius 2 is 2.07 bits per heavy atom. The molecule has 27 heavy (non-hydrogen) atoms. The van der Waals surface area contributed by atoms with Gasteiger partial charge in [0.25, 0.3) is 0 Å². The van der Waals surface area contributed by atoms with Crippen LogP contribution in [-0.4, -0.2) is 41.6 Å². The largest absolute Gasteiger partial charge is 0.466 e. The van der Waals surface area contributed by atoms with E-state index in [1.165, 1.54) is 0 Å². The number of aliphatic hydroxyl groups is 1. The van der Waals surface area contributed by atoms with Crippen molar-refractivity contribution in [2.75, 3.05) is 6.61 Å². The Morgan fingerprint density at radius 1 is 1.33 bits per heavy atom. The minimum atomic E-state index is -0.573. The molecule has 0 radical (unpaired) electrons. The first-order chi connectivity index (χ1) is 12.8. The van der Waals surface area contributed by atoms with Crippen molar-refractivity contribution in [1.82, 2.24) is 0 Å². The lowest BCUT2D eigenvalue weighted by Crippen LogP contribution is -2.57. The normalized spacial score (nSPS) is 45.5. The van der Waals surface area contributed by atoms with Crippen molar-refractivity contribution < 1.29 is 29.0 Å². The first-order valence-corrected chi connectivity index (χ1v) is 10.0. The van der Waals surface area contributed by atoms with E-state index in [9.17, 15) is 19.5 Å². The van der Waals surface area contributed by atoms with Crippen LogP contribution in [0, 0.1) is 35.0 Å². The summed E-state index contributed by atoms with van der Waals surface area (Å²) >= 11 is 0. The lowest BCUT2D eigenvalue weighted by molar-refractivity contribution is -0.157. The van der Waals surface area contributed by atoms with Crippen LogP contribution in [0.4, 0.5) is 0 Å². The molecule has 0 bridgehead atoms. The van der Waals surface area contributed by atoms with Gasteiger partial charge in [0.2, 0.25) is 0 Å². The molecule has 1 N–H and O–H groups in total. The number of hydrogen-bond acceptors (Lipinski definition) is 6. The van der Waals surface area contributed by atoms with Gasteiger partial charge >= 0.3 is 11.9 Å². The van der Waals surface area contributed by atoms with E-state index >= 15 is 0 Å². The topological polar surface area (TPSA) is 89.9 Å². The third-order valence-corrected chi connectivity index (χ3v) is 7.72. The molecule has 1 aliphatic heterocycles. The van der Waals surface area contributed by atoms with Crippen molar-refractivity contribution in [2.45, 2.75) is 58.7 Å². The minimum Gasteiger partial charge on any atom is -0.466 e. The third-order valence-electron chi connectivity index (χ3n) is 7.72. The highest BCUT2D eigenvalue weighted by Crippen LogP contribution is 2.65. The van der Waals surface area contributed by atoms with Crippen molar-refractivity contribution in [3.05, 3.63) is 11.6 Å². The molecule has 4 rings (SSSR count). The van der Waals surface area contributed by atoms with Crippen molar-refractivity contribution in [2.24, 2.45) is 35.0 Å². The van der Waals surface area contributed by atoms with Crippen molar-refractivity contribution in [3.8, 4) is 0 Å². The third kappa shape index (κ3) is 2.67. The average Bonchev–Trinajstić information content (AvgIpc) is 3.11. The number of esters is 2. The van der Waals surface area contributed by atoms with Gasteiger partial charge in [-0.15, -0.1) is 0 Å². The average molecular weight is 376 g/mol. The van der Waals surface area contributed by atoms with E-state index < -0.39 is 11.5 Å². The summed E-state index contributed by atoms with van der Waals surface area (Å²) in [5.74, 6) is -0.914. The second-order valence-corrected chi connectivity index (χ2v) is 8.90. The van der Waals surface area contributed by atoms with Crippen molar-refractivity contribution >= 4 is 17.7 Å². The van der Waals surface area contributed by atoms with Crippen LogP contribution >= 0.6 is 0 Å². The Balaban J connectivity index is 1.77. The second-order valence-electron chi connectivity index (χ2n) is 8.90. The molecule has 0 spiro atoms. The summed E-state index contributed by atoms with van der Waals surface area (Å²) in [6.45, 7) is 6.10. The fourth-order valence-electron chi connectivity index (χ4n) is 6.74.